The van der Waals surface area contributed by atoms with Gasteiger partial charge in [-0.25, -0.2) is 0 Å². The Morgan fingerprint density at radius 3 is 2.55 bits per heavy atom. The summed E-state index contributed by atoms with van der Waals surface area (Å²) in [6, 6.07) is 7.72. The molecule has 0 bridgehead atoms. The first-order valence-corrected chi connectivity index (χ1v) is 10.8. The maximum atomic E-state index is 12.8. The van der Waals surface area contributed by atoms with Gasteiger partial charge in [0.15, 0.2) is 11.5 Å². The number of nitrogens with zero attached hydrogens (tertiary/aromatic N) is 2. The maximum Gasteiger partial charge on any atom is 0.267 e. The SMILES string of the molecule is C[C@@H]1CCCC[C@H]1NC(=O)CN1CCN(C(=O)[C@@H]2COc3ccccc3O2)CC1. The van der Waals surface area contributed by atoms with Gasteiger partial charge >= 0.3 is 0 Å². The zero-order valence-electron chi connectivity index (χ0n) is 17.1. The molecule has 7 nitrogen and oxygen atoms in total. The first kappa shape index (κ1) is 20.0. The molecule has 1 aliphatic carbocycles. The van der Waals surface area contributed by atoms with Crippen molar-refractivity contribution in [3.05, 3.63) is 24.3 Å². The molecule has 3 atom stereocenters. The van der Waals surface area contributed by atoms with E-state index in [1.807, 2.05) is 29.2 Å². The third kappa shape index (κ3) is 4.83. The Hall–Kier alpha value is -2.28. The second-order valence-electron chi connectivity index (χ2n) is 8.40. The fraction of sp³-hybridized carbons (Fsp3) is 0.636. The summed E-state index contributed by atoms with van der Waals surface area (Å²) in [5.74, 6) is 1.91. The normalized spacial score (nSPS) is 27.3. The minimum Gasteiger partial charge on any atom is -0.485 e. The number of nitrogens with one attached hydrogen (secondary N) is 1. The number of ether oxygens (including phenoxy) is 2. The molecular weight excluding hydrogens is 370 g/mol. The van der Waals surface area contributed by atoms with Crippen molar-refractivity contribution in [1.29, 1.82) is 0 Å². The molecule has 1 aromatic rings. The van der Waals surface area contributed by atoms with Crippen molar-refractivity contribution >= 4 is 11.8 Å². The summed E-state index contributed by atoms with van der Waals surface area (Å²) in [5, 5.41) is 3.21. The summed E-state index contributed by atoms with van der Waals surface area (Å²) in [6.07, 6.45) is 4.15. The second-order valence-corrected chi connectivity index (χ2v) is 8.40. The van der Waals surface area contributed by atoms with E-state index >= 15 is 0 Å². The van der Waals surface area contributed by atoms with E-state index in [1.54, 1.807) is 0 Å². The van der Waals surface area contributed by atoms with Gasteiger partial charge in [-0.2, -0.15) is 0 Å². The smallest absolute Gasteiger partial charge is 0.267 e. The lowest BCUT2D eigenvalue weighted by Gasteiger charge is -2.37. The summed E-state index contributed by atoms with van der Waals surface area (Å²) in [5.41, 5.74) is 0. The van der Waals surface area contributed by atoms with Crippen LogP contribution in [0.5, 0.6) is 11.5 Å². The van der Waals surface area contributed by atoms with Gasteiger partial charge in [0, 0.05) is 32.2 Å². The molecule has 1 saturated heterocycles. The number of piperazine rings is 1. The Balaban J connectivity index is 1.22. The summed E-state index contributed by atoms with van der Waals surface area (Å²) in [4.78, 5) is 29.2. The van der Waals surface area contributed by atoms with E-state index in [0.29, 0.717) is 56.2 Å². The largest absolute Gasteiger partial charge is 0.485 e. The molecule has 1 saturated carbocycles. The van der Waals surface area contributed by atoms with Gasteiger partial charge in [0.25, 0.3) is 5.91 Å². The molecule has 7 heteroatoms. The standard InChI is InChI=1S/C22H31N3O4/c1-16-6-2-3-7-17(16)23-21(26)14-24-10-12-25(13-11-24)22(27)20-15-28-18-8-4-5-9-19(18)29-20/h4-5,8-9,16-17,20H,2-3,6-7,10-15H2,1H3,(H,23,26)/t16-,17-,20+/m1/s1. The average Bonchev–Trinajstić information content (AvgIpc) is 2.75. The predicted molar refractivity (Wildman–Crippen MR) is 109 cm³/mol. The van der Waals surface area contributed by atoms with E-state index in [4.69, 9.17) is 9.47 Å². The molecule has 3 aliphatic rings. The highest BCUT2D eigenvalue weighted by atomic mass is 16.6. The Bertz CT molecular complexity index is 733. The first-order chi connectivity index (χ1) is 14.1. The van der Waals surface area contributed by atoms with Gasteiger partial charge in [-0.1, -0.05) is 31.9 Å². The number of carbonyl (C=O) groups is 2. The second kappa shape index (κ2) is 9.03. The highest BCUT2D eigenvalue weighted by Crippen LogP contribution is 2.31. The Morgan fingerprint density at radius 1 is 1.07 bits per heavy atom. The Kier molecular flexibility index (Phi) is 6.23. The lowest BCUT2D eigenvalue weighted by Crippen LogP contribution is -2.55. The van der Waals surface area contributed by atoms with Crippen molar-refractivity contribution in [2.45, 2.75) is 44.8 Å². The van der Waals surface area contributed by atoms with Crippen LogP contribution in [0.2, 0.25) is 0 Å². The van der Waals surface area contributed by atoms with Crippen LogP contribution in [-0.4, -0.2) is 73.1 Å². The minimum absolute atomic E-state index is 0.0420. The number of carbonyl (C=O) groups excluding carboxylic acids is 2. The molecule has 0 unspecified atom stereocenters. The van der Waals surface area contributed by atoms with Gasteiger partial charge in [-0.3, -0.25) is 14.5 Å². The highest BCUT2D eigenvalue weighted by molar-refractivity contribution is 5.82. The molecule has 0 spiro atoms. The van der Waals surface area contributed by atoms with Crippen molar-refractivity contribution < 1.29 is 19.1 Å². The van der Waals surface area contributed by atoms with Crippen LogP contribution < -0.4 is 14.8 Å². The number of rotatable bonds is 4. The van der Waals surface area contributed by atoms with E-state index in [-0.39, 0.29) is 18.4 Å². The number of benzene rings is 1. The number of hydrogen-bond acceptors (Lipinski definition) is 5. The topological polar surface area (TPSA) is 71.1 Å². The highest BCUT2D eigenvalue weighted by Gasteiger charge is 2.33. The molecule has 4 rings (SSSR count). The molecule has 2 fully saturated rings. The van der Waals surface area contributed by atoms with Crippen LogP contribution in [0.3, 0.4) is 0 Å². The average molecular weight is 402 g/mol. The third-order valence-electron chi connectivity index (χ3n) is 6.29. The summed E-state index contributed by atoms with van der Waals surface area (Å²) < 4.78 is 11.5. The molecule has 1 N–H and O–H groups in total. The van der Waals surface area contributed by atoms with Gasteiger partial charge in [-0.15, -0.1) is 0 Å². The molecule has 158 valence electrons. The van der Waals surface area contributed by atoms with Crippen molar-refractivity contribution in [1.82, 2.24) is 15.1 Å². The Morgan fingerprint density at radius 2 is 1.79 bits per heavy atom. The van der Waals surface area contributed by atoms with Gasteiger partial charge in [0.1, 0.15) is 6.61 Å². The maximum absolute atomic E-state index is 12.8. The van der Waals surface area contributed by atoms with Gasteiger partial charge in [0.05, 0.1) is 6.54 Å². The molecule has 1 aromatic carbocycles. The molecule has 0 aromatic heterocycles. The fourth-order valence-electron chi connectivity index (χ4n) is 4.46. The molecular formula is C22H31N3O4. The van der Waals surface area contributed by atoms with Crippen LogP contribution in [0.15, 0.2) is 24.3 Å². The van der Waals surface area contributed by atoms with E-state index in [9.17, 15) is 9.59 Å². The number of hydrogen-bond donors (Lipinski definition) is 1. The molecule has 2 aliphatic heterocycles. The van der Waals surface area contributed by atoms with Crippen molar-refractivity contribution in [2.24, 2.45) is 5.92 Å². The lowest BCUT2D eigenvalue weighted by atomic mass is 9.86. The fourth-order valence-corrected chi connectivity index (χ4v) is 4.46. The van der Waals surface area contributed by atoms with Crippen molar-refractivity contribution in [3.63, 3.8) is 0 Å². The zero-order valence-corrected chi connectivity index (χ0v) is 17.1. The third-order valence-corrected chi connectivity index (χ3v) is 6.29. The predicted octanol–water partition coefficient (Wildman–Crippen LogP) is 1.67. The van der Waals surface area contributed by atoms with Crippen molar-refractivity contribution in [3.8, 4) is 11.5 Å². The minimum atomic E-state index is -0.604. The van der Waals surface area contributed by atoms with Crippen LogP contribution in [-0.2, 0) is 9.59 Å². The monoisotopic (exact) mass is 401 g/mol. The first-order valence-electron chi connectivity index (χ1n) is 10.8. The van der Waals surface area contributed by atoms with Crippen LogP contribution in [0, 0.1) is 5.92 Å². The Labute approximate surface area is 172 Å². The van der Waals surface area contributed by atoms with Crippen LogP contribution in [0.4, 0.5) is 0 Å². The van der Waals surface area contributed by atoms with E-state index in [2.05, 4.69) is 17.1 Å². The number of amides is 2. The molecule has 2 heterocycles. The van der Waals surface area contributed by atoms with Crippen LogP contribution in [0.25, 0.3) is 0 Å². The quantitative estimate of drug-likeness (QED) is 0.831. The zero-order chi connectivity index (χ0) is 20.2. The van der Waals surface area contributed by atoms with Crippen molar-refractivity contribution in [2.75, 3.05) is 39.3 Å². The lowest BCUT2D eigenvalue weighted by molar-refractivity contribution is -0.143. The molecule has 29 heavy (non-hydrogen) atoms. The van der Waals surface area contributed by atoms with Crippen LogP contribution in [0.1, 0.15) is 32.6 Å². The van der Waals surface area contributed by atoms with Gasteiger partial charge in [-0.05, 0) is 30.9 Å². The van der Waals surface area contributed by atoms with Gasteiger partial charge in [0.2, 0.25) is 12.0 Å². The van der Waals surface area contributed by atoms with Crippen LogP contribution >= 0.6 is 0 Å². The number of fused-ring (bicyclic) bond motifs is 1. The summed E-state index contributed by atoms with van der Waals surface area (Å²) >= 11 is 0. The summed E-state index contributed by atoms with van der Waals surface area (Å²) in [6.45, 7) is 5.47. The summed E-state index contributed by atoms with van der Waals surface area (Å²) in [7, 11) is 0. The van der Waals surface area contributed by atoms with E-state index < -0.39 is 6.10 Å². The molecule has 2 amide bonds. The van der Waals surface area contributed by atoms with Gasteiger partial charge < -0.3 is 19.7 Å². The number of para-hydroxylation sites is 2. The molecule has 0 radical (unpaired) electrons. The van der Waals surface area contributed by atoms with E-state index in [0.717, 1.165) is 6.42 Å². The van der Waals surface area contributed by atoms with E-state index in [1.165, 1.54) is 19.3 Å².